The standard InChI is InChI=1S/C12H8BrClF2N2O2S/c1-6-10(2-3-11(14)17-6)18-21(19,20)12-8(13)4-7(15)5-9(12)16/h2-5,18H,1H3. The van der Waals surface area contributed by atoms with Crippen molar-refractivity contribution in [2.24, 2.45) is 0 Å². The van der Waals surface area contributed by atoms with Crippen LogP contribution in [0, 0.1) is 18.6 Å². The molecule has 0 aliphatic carbocycles. The summed E-state index contributed by atoms with van der Waals surface area (Å²) in [6, 6.07) is 4.15. The second-order valence-electron chi connectivity index (χ2n) is 4.07. The molecule has 112 valence electrons. The Bertz CT molecular complexity index is 792. The van der Waals surface area contributed by atoms with Gasteiger partial charge in [-0.05, 0) is 41.1 Å². The molecule has 0 radical (unpaired) electrons. The molecule has 1 heterocycles. The van der Waals surface area contributed by atoms with E-state index >= 15 is 0 Å². The molecule has 9 heteroatoms. The van der Waals surface area contributed by atoms with Crippen molar-refractivity contribution < 1.29 is 17.2 Å². The Balaban J connectivity index is 2.48. The number of benzene rings is 1. The Hall–Kier alpha value is -1.25. The lowest BCUT2D eigenvalue weighted by molar-refractivity contribution is 0.548. The average Bonchev–Trinajstić information content (AvgIpc) is 2.30. The molecule has 0 atom stereocenters. The Morgan fingerprint density at radius 1 is 1.29 bits per heavy atom. The van der Waals surface area contributed by atoms with E-state index in [-0.39, 0.29) is 15.3 Å². The van der Waals surface area contributed by atoms with E-state index in [2.05, 4.69) is 25.6 Å². The zero-order chi connectivity index (χ0) is 15.8. The van der Waals surface area contributed by atoms with Crippen LogP contribution < -0.4 is 4.72 Å². The molecule has 1 N–H and O–H groups in total. The molecule has 0 spiro atoms. The third-order valence-corrected chi connectivity index (χ3v) is 5.07. The van der Waals surface area contributed by atoms with Crippen LogP contribution in [0.4, 0.5) is 14.5 Å². The van der Waals surface area contributed by atoms with E-state index in [9.17, 15) is 17.2 Å². The van der Waals surface area contributed by atoms with Crippen LogP contribution in [-0.2, 0) is 10.0 Å². The SMILES string of the molecule is Cc1nc(Cl)ccc1NS(=O)(=O)c1c(F)cc(F)cc1Br. The smallest absolute Gasteiger partial charge is 0.266 e. The van der Waals surface area contributed by atoms with Crippen LogP contribution >= 0.6 is 27.5 Å². The Kier molecular flexibility index (Phi) is 4.50. The Morgan fingerprint density at radius 2 is 1.95 bits per heavy atom. The van der Waals surface area contributed by atoms with Crippen LogP contribution in [0.3, 0.4) is 0 Å². The number of pyridine rings is 1. The molecular formula is C12H8BrClF2N2O2S. The largest absolute Gasteiger partial charge is 0.278 e. The molecule has 0 saturated carbocycles. The number of nitrogens with zero attached hydrogens (tertiary/aromatic N) is 1. The van der Waals surface area contributed by atoms with Gasteiger partial charge in [-0.3, -0.25) is 4.72 Å². The topological polar surface area (TPSA) is 59.1 Å². The van der Waals surface area contributed by atoms with Gasteiger partial charge in [-0.1, -0.05) is 11.6 Å². The van der Waals surface area contributed by atoms with Crippen molar-refractivity contribution in [1.29, 1.82) is 0 Å². The molecule has 21 heavy (non-hydrogen) atoms. The summed E-state index contributed by atoms with van der Waals surface area (Å²) in [6.45, 7) is 1.54. The second kappa shape index (κ2) is 5.86. The molecule has 2 aromatic rings. The van der Waals surface area contributed by atoms with Gasteiger partial charge in [-0.25, -0.2) is 22.2 Å². The van der Waals surface area contributed by atoms with Crippen molar-refractivity contribution in [3.05, 3.63) is 51.2 Å². The van der Waals surface area contributed by atoms with Gasteiger partial charge in [0.2, 0.25) is 0 Å². The lowest BCUT2D eigenvalue weighted by Crippen LogP contribution is -2.16. The maximum absolute atomic E-state index is 13.7. The Labute approximate surface area is 133 Å². The predicted octanol–water partition coefficient (Wildman–Crippen LogP) is 3.88. The fourth-order valence-electron chi connectivity index (χ4n) is 1.62. The van der Waals surface area contributed by atoms with E-state index in [1.165, 1.54) is 12.1 Å². The highest BCUT2D eigenvalue weighted by atomic mass is 79.9. The number of anilines is 1. The molecular weight excluding hydrogens is 390 g/mol. The van der Waals surface area contributed by atoms with Crippen molar-refractivity contribution in [3.8, 4) is 0 Å². The molecule has 0 unspecified atom stereocenters. The summed E-state index contributed by atoms with van der Waals surface area (Å²) in [5.41, 5.74) is 0.472. The number of halogens is 4. The molecule has 0 bridgehead atoms. The molecule has 1 aromatic carbocycles. The summed E-state index contributed by atoms with van der Waals surface area (Å²) >= 11 is 8.52. The summed E-state index contributed by atoms with van der Waals surface area (Å²) in [5.74, 6) is -2.09. The molecule has 1 aromatic heterocycles. The average molecular weight is 398 g/mol. The van der Waals surface area contributed by atoms with E-state index in [4.69, 9.17) is 11.6 Å². The summed E-state index contributed by atoms with van der Waals surface area (Å²) < 4.78 is 53.2. The monoisotopic (exact) mass is 396 g/mol. The van der Waals surface area contributed by atoms with Gasteiger partial charge in [-0.2, -0.15) is 0 Å². The van der Waals surface area contributed by atoms with Gasteiger partial charge in [0, 0.05) is 10.5 Å². The molecule has 0 aliphatic rings. The number of hydrogen-bond donors (Lipinski definition) is 1. The minimum Gasteiger partial charge on any atom is -0.278 e. The summed E-state index contributed by atoms with van der Waals surface area (Å²) in [4.78, 5) is 3.20. The molecule has 0 saturated heterocycles. The van der Waals surface area contributed by atoms with Crippen LogP contribution in [0.2, 0.25) is 5.15 Å². The minimum atomic E-state index is -4.25. The fraction of sp³-hybridized carbons (Fsp3) is 0.0833. The number of sulfonamides is 1. The van der Waals surface area contributed by atoms with E-state index in [0.717, 1.165) is 6.07 Å². The van der Waals surface area contributed by atoms with Crippen molar-refractivity contribution in [1.82, 2.24) is 4.98 Å². The van der Waals surface area contributed by atoms with Crippen molar-refractivity contribution >= 4 is 43.2 Å². The zero-order valence-electron chi connectivity index (χ0n) is 10.5. The number of nitrogens with one attached hydrogen (secondary N) is 1. The van der Waals surface area contributed by atoms with Gasteiger partial charge in [0.15, 0.2) is 0 Å². The second-order valence-corrected chi connectivity index (χ2v) is 6.93. The van der Waals surface area contributed by atoms with Gasteiger partial charge >= 0.3 is 0 Å². The van der Waals surface area contributed by atoms with E-state index in [1.807, 2.05) is 0 Å². The summed E-state index contributed by atoms with van der Waals surface area (Å²) in [5, 5.41) is 0.199. The van der Waals surface area contributed by atoms with Crippen LogP contribution in [0.25, 0.3) is 0 Å². The van der Waals surface area contributed by atoms with Crippen molar-refractivity contribution in [2.45, 2.75) is 11.8 Å². The normalized spacial score (nSPS) is 11.5. The third-order valence-electron chi connectivity index (χ3n) is 2.53. The minimum absolute atomic E-state index is 0.148. The van der Waals surface area contributed by atoms with E-state index in [0.29, 0.717) is 11.8 Å². The van der Waals surface area contributed by atoms with Crippen LogP contribution in [-0.4, -0.2) is 13.4 Å². The van der Waals surface area contributed by atoms with Gasteiger partial charge in [-0.15, -0.1) is 0 Å². The van der Waals surface area contributed by atoms with E-state index in [1.54, 1.807) is 6.92 Å². The van der Waals surface area contributed by atoms with Crippen LogP contribution in [0.5, 0.6) is 0 Å². The van der Waals surface area contributed by atoms with Gasteiger partial charge in [0.1, 0.15) is 21.7 Å². The van der Waals surface area contributed by atoms with Crippen LogP contribution in [0.15, 0.2) is 33.6 Å². The first-order valence-electron chi connectivity index (χ1n) is 5.51. The maximum atomic E-state index is 13.7. The van der Waals surface area contributed by atoms with Crippen molar-refractivity contribution in [2.75, 3.05) is 4.72 Å². The van der Waals surface area contributed by atoms with Gasteiger partial charge < -0.3 is 0 Å². The molecule has 0 amide bonds. The lowest BCUT2D eigenvalue weighted by Gasteiger charge is -2.12. The van der Waals surface area contributed by atoms with E-state index < -0.39 is 26.6 Å². The highest BCUT2D eigenvalue weighted by Crippen LogP contribution is 2.28. The lowest BCUT2D eigenvalue weighted by atomic mass is 10.3. The first-order valence-corrected chi connectivity index (χ1v) is 8.16. The first kappa shape index (κ1) is 16.1. The highest BCUT2D eigenvalue weighted by Gasteiger charge is 2.24. The quantitative estimate of drug-likeness (QED) is 0.800. The first-order chi connectivity index (χ1) is 9.70. The zero-order valence-corrected chi connectivity index (χ0v) is 13.7. The van der Waals surface area contributed by atoms with Gasteiger partial charge in [0.05, 0.1) is 11.4 Å². The summed E-state index contributed by atoms with van der Waals surface area (Å²) in [7, 11) is -4.25. The molecule has 0 aliphatic heterocycles. The number of rotatable bonds is 3. The number of aryl methyl sites for hydroxylation is 1. The third kappa shape index (κ3) is 3.50. The maximum Gasteiger partial charge on any atom is 0.266 e. The van der Waals surface area contributed by atoms with Gasteiger partial charge in [0.25, 0.3) is 10.0 Å². The fourth-order valence-corrected chi connectivity index (χ4v) is 4.10. The van der Waals surface area contributed by atoms with Crippen LogP contribution in [0.1, 0.15) is 5.69 Å². The van der Waals surface area contributed by atoms with Crippen molar-refractivity contribution in [3.63, 3.8) is 0 Å². The molecule has 0 fully saturated rings. The molecule has 2 rings (SSSR count). The number of aromatic nitrogens is 1. The number of hydrogen-bond acceptors (Lipinski definition) is 3. The Morgan fingerprint density at radius 3 is 2.52 bits per heavy atom. The predicted molar refractivity (Wildman–Crippen MR) is 78.9 cm³/mol. The summed E-state index contributed by atoms with van der Waals surface area (Å²) in [6.07, 6.45) is 0. The molecule has 4 nitrogen and oxygen atoms in total. The highest BCUT2D eigenvalue weighted by molar-refractivity contribution is 9.10.